The van der Waals surface area contributed by atoms with Crippen LogP contribution in [-0.2, 0) is 5.41 Å². The van der Waals surface area contributed by atoms with Crippen LogP contribution in [0.25, 0.3) is 0 Å². The van der Waals surface area contributed by atoms with Crippen LogP contribution in [0.15, 0.2) is 6.07 Å². The number of hydrogen-bond donors (Lipinski definition) is 1. The Bertz CT molecular complexity index is 417. The number of halogens is 4. The first-order chi connectivity index (χ1) is 7.38. The van der Waals surface area contributed by atoms with Crippen molar-refractivity contribution in [1.29, 1.82) is 0 Å². The summed E-state index contributed by atoms with van der Waals surface area (Å²) < 4.78 is 25.9. The minimum Gasteiger partial charge on any atom is -0.330 e. The highest BCUT2D eigenvalue weighted by Crippen LogP contribution is 2.54. The predicted octanol–water partition coefficient (Wildman–Crippen LogP) is 2.41. The highest BCUT2D eigenvalue weighted by atomic mass is 35.5. The Morgan fingerprint density at radius 1 is 1.31 bits per heavy atom. The molecule has 0 amide bonds. The first-order valence-corrected chi connectivity index (χ1v) is 5.41. The van der Waals surface area contributed by atoms with Crippen molar-refractivity contribution in [3.05, 3.63) is 21.9 Å². The molecule has 0 aliphatic heterocycles. The van der Waals surface area contributed by atoms with Crippen LogP contribution in [0.2, 0.25) is 10.3 Å². The van der Waals surface area contributed by atoms with E-state index in [2.05, 4.69) is 10.2 Å². The molecule has 2 rings (SSSR count). The molecule has 7 heteroatoms. The standard InChI is InChI=1S/C9H9Cl2F2N3/c10-6-1-5(7(11)16-15-6)8(4-14)2-9(12,13)3-8/h1H,2-4,14H2. The molecule has 1 aliphatic carbocycles. The third-order valence-electron chi connectivity index (χ3n) is 2.88. The van der Waals surface area contributed by atoms with Crippen molar-refractivity contribution < 1.29 is 8.78 Å². The number of rotatable bonds is 2. The van der Waals surface area contributed by atoms with Gasteiger partial charge in [0.05, 0.1) is 0 Å². The van der Waals surface area contributed by atoms with Crippen molar-refractivity contribution in [1.82, 2.24) is 10.2 Å². The molecular weight excluding hydrogens is 259 g/mol. The molecule has 0 unspecified atom stereocenters. The Morgan fingerprint density at radius 3 is 2.44 bits per heavy atom. The molecule has 2 N–H and O–H groups in total. The first kappa shape index (κ1) is 12.0. The van der Waals surface area contributed by atoms with E-state index in [9.17, 15) is 8.78 Å². The van der Waals surface area contributed by atoms with Crippen molar-refractivity contribution in [2.24, 2.45) is 5.73 Å². The van der Waals surface area contributed by atoms with E-state index in [4.69, 9.17) is 28.9 Å². The highest BCUT2D eigenvalue weighted by Gasteiger charge is 2.57. The zero-order valence-electron chi connectivity index (χ0n) is 8.18. The van der Waals surface area contributed by atoms with Gasteiger partial charge in [0.2, 0.25) is 5.92 Å². The molecule has 1 saturated carbocycles. The number of hydrogen-bond acceptors (Lipinski definition) is 3. The average Bonchev–Trinajstić information content (AvgIpc) is 2.17. The van der Waals surface area contributed by atoms with Gasteiger partial charge in [-0.2, -0.15) is 0 Å². The van der Waals surface area contributed by atoms with Crippen LogP contribution in [0.1, 0.15) is 18.4 Å². The summed E-state index contributed by atoms with van der Waals surface area (Å²) in [7, 11) is 0. The van der Waals surface area contributed by atoms with E-state index in [1.54, 1.807) is 0 Å². The minimum atomic E-state index is -2.68. The fourth-order valence-electron chi connectivity index (χ4n) is 2.11. The molecule has 1 heterocycles. The van der Waals surface area contributed by atoms with Gasteiger partial charge in [-0.25, -0.2) is 8.78 Å². The van der Waals surface area contributed by atoms with E-state index in [1.807, 2.05) is 0 Å². The van der Waals surface area contributed by atoms with Crippen molar-refractivity contribution in [2.75, 3.05) is 6.54 Å². The maximum atomic E-state index is 13.0. The van der Waals surface area contributed by atoms with Crippen LogP contribution < -0.4 is 5.73 Å². The van der Waals surface area contributed by atoms with Gasteiger partial charge < -0.3 is 5.73 Å². The van der Waals surface area contributed by atoms with Crippen LogP contribution in [0.5, 0.6) is 0 Å². The lowest BCUT2D eigenvalue weighted by Crippen LogP contribution is -2.54. The zero-order valence-corrected chi connectivity index (χ0v) is 9.69. The van der Waals surface area contributed by atoms with Gasteiger partial charge >= 0.3 is 0 Å². The quantitative estimate of drug-likeness (QED) is 0.896. The van der Waals surface area contributed by atoms with Crippen molar-refractivity contribution in [2.45, 2.75) is 24.2 Å². The summed E-state index contributed by atoms with van der Waals surface area (Å²) in [5, 5.41) is 7.36. The molecule has 0 aromatic carbocycles. The molecule has 1 fully saturated rings. The summed E-state index contributed by atoms with van der Waals surface area (Å²) in [6.45, 7) is 0.0876. The first-order valence-electron chi connectivity index (χ1n) is 4.66. The monoisotopic (exact) mass is 267 g/mol. The summed E-state index contributed by atoms with van der Waals surface area (Å²) in [4.78, 5) is 0. The molecule has 0 atom stereocenters. The van der Waals surface area contributed by atoms with Gasteiger partial charge in [0.15, 0.2) is 10.3 Å². The van der Waals surface area contributed by atoms with Crippen molar-refractivity contribution >= 4 is 23.2 Å². The van der Waals surface area contributed by atoms with Gasteiger partial charge in [0.25, 0.3) is 0 Å². The summed E-state index contributed by atoms with van der Waals surface area (Å²) in [6.07, 6.45) is -0.642. The van der Waals surface area contributed by atoms with E-state index in [0.29, 0.717) is 5.56 Å². The number of alkyl halides is 2. The SMILES string of the molecule is NCC1(c2cc(Cl)nnc2Cl)CC(F)(F)C1. The molecule has 0 spiro atoms. The fourth-order valence-corrected chi connectivity index (χ4v) is 2.55. The second-order valence-electron chi connectivity index (χ2n) is 4.07. The van der Waals surface area contributed by atoms with Crippen LogP contribution in [0.3, 0.4) is 0 Å². The fraction of sp³-hybridized carbons (Fsp3) is 0.556. The molecular formula is C9H9Cl2F2N3. The summed E-state index contributed by atoms with van der Waals surface area (Å²) >= 11 is 11.5. The highest BCUT2D eigenvalue weighted by molar-refractivity contribution is 6.31. The molecule has 16 heavy (non-hydrogen) atoms. The Morgan fingerprint density at radius 2 is 1.94 bits per heavy atom. The lowest BCUT2D eigenvalue weighted by molar-refractivity contribution is -0.123. The maximum Gasteiger partial charge on any atom is 0.250 e. The third-order valence-corrected chi connectivity index (χ3v) is 3.34. The normalized spacial score (nSPS) is 21.6. The lowest BCUT2D eigenvalue weighted by atomic mass is 9.62. The maximum absolute atomic E-state index is 13.0. The molecule has 88 valence electrons. The van der Waals surface area contributed by atoms with Gasteiger partial charge in [-0.05, 0) is 6.07 Å². The van der Waals surface area contributed by atoms with Crippen LogP contribution >= 0.6 is 23.2 Å². The van der Waals surface area contributed by atoms with Crippen LogP contribution in [0.4, 0.5) is 8.78 Å². The molecule has 3 nitrogen and oxygen atoms in total. The largest absolute Gasteiger partial charge is 0.330 e. The summed E-state index contributed by atoms with van der Waals surface area (Å²) in [6, 6.07) is 1.46. The molecule has 0 saturated heterocycles. The van der Waals surface area contributed by atoms with Gasteiger partial charge in [0, 0.05) is 30.4 Å². The van der Waals surface area contributed by atoms with E-state index in [-0.39, 0.29) is 29.7 Å². The summed E-state index contributed by atoms with van der Waals surface area (Å²) in [5.74, 6) is -2.68. The number of nitrogens with zero attached hydrogens (tertiary/aromatic N) is 2. The van der Waals surface area contributed by atoms with E-state index in [0.717, 1.165) is 0 Å². The predicted molar refractivity (Wildman–Crippen MR) is 57.0 cm³/mol. The Balaban J connectivity index is 2.39. The number of aromatic nitrogens is 2. The zero-order chi connectivity index (χ0) is 12.0. The van der Waals surface area contributed by atoms with Gasteiger partial charge in [-0.1, -0.05) is 23.2 Å². The third kappa shape index (κ3) is 1.87. The van der Waals surface area contributed by atoms with E-state index >= 15 is 0 Å². The van der Waals surface area contributed by atoms with Crippen LogP contribution in [-0.4, -0.2) is 22.7 Å². The summed E-state index contributed by atoms with van der Waals surface area (Å²) in [5.41, 5.74) is 5.20. The van der Waals surface area contributed by atoms with E-state index in [1.165, 1.54) is 6.07 Å². The molecule has 1 aliphatic rings. The second kappa shape index (κ2) is 3.75. The minimum absolute atomic E-state index is 0.0876. The Labute approximate surface area is 101 Å². The molecule has 0 radical (unpaired) electrons. The lowest BCUT2D eigenvalue weighted by Gasteiger charge is -2.47. The Kier molecular flexibility index (Phi) is 2.80. The average molecular weight is 268 g/mol. The smallest absolute Gasteiger partial charge is 0.250 e. The number of nitrogens with two attached hydrogens (primary N) is 1. The van der Waals surface area contributed by atoms with Gasteiger partial charge in [-0.3, -0.25) is 0 Å². The van der Waals surface area contributed by atoms with Crippen LogP contribution in [0, 0.1) is 0 Å². The van der Waals surface area contributed by atoms with Gasteiger partial charge in [-0.15, -0.1) is 10.2 Å². The van der Waals surface area contributed by atoms with E-state index < -0.39 is 11.3 Å². The Hall–Kier alpha value is -0.520. The van der Waals surface area contributed by atoms with Crippen molar-refractivity contribution in [3.8, 4) is 0 Å². The second-order valence-corrected chi connectivity index (χ2v) is 4.81. The van der Waals surface area contributed by atoms with Gasteiger partial charge in [0.1, 0.15) is 0 Å². The molecule has 0 bridgehead atoms. The van der Waals surface area contributed by atoms with Crippen molar-refractivity contribution in [3.63, 3.8) is 0 Å². The molecule has 1 aromatic heterocycles. The topological polar surface area (TPSA) is 51.8 Å². The molecule has 1 aromatic rings.